The van der Waals surface area contributed by atoms with Crippen molar-refractivity contribution in [3.8, 4) is 0 Å². The van der Waals surface area contributed by atoms with Gasteiger partial charge >= 0.3 is 23.9 Å². The Morgan fingerprint density at radius 3 is 1.20 bits per heavy atom. The molecule has 0 radical (unpaired) electrons. The van der Waals surface area contributed by atoms with Gasteiger partial charge in [0.15, 0.2) is 0 Å². The van der Waals surface area contributed by atoms with E-state index in [9.17, 15) is 19.2 Å². The van der Waals surface area contributed by atoms with Crippen LogP contribution < -0.4 is 0 Å². The lowest BCUT2D eigenvalue weighted by Gasteiger charge is -2.29. The molecule has 0 heterocycles. The highest BCUT2D eigenvalue weighted by atomic mass is 79.9. The molecular formula is C20H26Br2O8. The second-order valence-corrected chi connectivity index (χ2v) is 8.09. The molecule has 0 aliphatic heterocycles. The largest absolute Gasteiger partial charge is 0.466 e. The van der Waals surface area contributed by atoms with E-state index in [-0.39, 0.29) is 35.1 Å². The number of halogens is 2. The van der Waals surface area contributed by atoms with Gasteiger partial charge in [0.25, 0.3) is 0 Å². The molecule has 0 N–H and O–H groups in total. The van der Waals surface area contributed by atoms with Gasteiger partial charge in [-0.15, -0.1) is 0 Å². The molecular weight excluding hydrogens is 528 g/mol. The molecule has 0 spiro atoms. The van der Waals surface area contributed by atoms with Gasteiger partial charge in [-0.1, -0.05) is 31.9 Å². The van der Waals surface area contributed by atoms with Gasteiger partial charge in [-0.25, -0.2) is 19.2 Å². The summed E-state index contributed by atoms with van der Waals surface area (Å²) in [7, 11) is 4.89. The Kier molecular flexibility index (Phi) is 11.3. The van der Waals surface area contributed by atoms with Crippen molar-refractivity contribution in [1.82, 2.24) is 0 Å². The number of alkyl halides is 2. The molecule has 1 aliphatic carbocycles. The molecule has 0 aromatic rings. The number of ether oxygens (including phenoxy) is 4. The Morgan fingerprint density at radius 1 is 0.667 bits per heavy atom. The summed E-state index contributed by atoms with van der Waals surface area (Å²) in [4.78, 5) is 50.7. The van der Waals surface area contributed by atoms with Crippen molar-refractivity contribution < 1.29 is 38.1 Å². The number of methoxy groups -OCH3 is 4. The maximum Gasteiger partial charge on any atom is 0.334 e. The molecule has 8 nitrogen and oxygen atoms in total. The Morgan fingerprint density at radius 2 is 0.967 bits per heavy atom. The molecule has 0 bridgehead atoms. The van der Waals surface area contributed by atoms with E-state index < -0.39 is 35.7 Å². The van der Waals surface area contributed by atoms with Crippen LogP contribution in [0.25, 0.3) is 0 Å². The van der Waals surface area contributed by atoms with Crippen LogP contribution in [0, 0.1) is 11.8 Å². The first-order valence-electron chi connectivity index (χ1n) is 9.22. The van der Waals surface area contributed by atoms with E-state index in [1.165, 1.54) is 28.4 Å². The summed E-state index contributed by atoms with van der Waals surface area (Å²) in [6, 6.07) is 0. The molecule has 0 unspecified atom stereocenters. The topological polar surface area (TPSA) is 105 Å². The molecule has 1 aliphatic rings. The normalized spacial score (nSPS) is 24.3. The van der Waals surface area contributed by atoms with E-state index in [0.717, 1.165) is 0 Å². The second kappa shape index (κ2) is 12.9. The minimum Gasteiger partial charge on any atom is -0.466 e. The molecule has 0 fully saturated rings. The fourth-order valence-electron chi connectivity index (χ4n) is 3.60. The Balaban J connectivity index is 3.88. The number of esters is 4. The average Bonchev–Trinajstić information content (AvgIpc) is 2.74. The SMILES string of the molecule is COC(=O)/C1=C(\C(=O)OC)[C@@H](CCBr)C/C(C(=O)OC)=C(/C(=O)OC)[C@@H](CCBr)C1. The molecule has 0 aromatic carbocycles. The highest BCUT2D eigenvalue weighted by Gasteiger charge is 2.39. The first-order valence-corrected chi connectivity index (χ1v) is 11.5. The van der Waals surface area contributed by atoms with Crippen LogP contribution in [-0.2, 0) is 38.1 Å². The molecule has 30 heavy (non-hydrogen) atoms. The third-order valence-corrected chi connectivity index (χ3v) is 5.87. The maximum absolute atomic E-state index is 12.7. The van der Waals surface area contributed by atoms with Crippen LogP contribution in [0.2, 0.25) is 0 Å². The second-order valence-electron chi connectivity index (χ2n) is 6.51. The summed E-state index contributed by atoms with van der Waals surface area (Å²) >= 11 is 6.70. The predicted molar refractivity (Wildman–Crippen MR) is 115 cm³/mol. The first-order chi connectivity index (χ1) is 14.3. The van der Waals surface area contributed by atoms with Crippen molar-refractivity contribution in [2.75, 3.05) is 39.1 Å². The fraction of sp³-hybridized carbons (Fsp3) is 0.600. The highest BCUT2D eigenvalue weighted by molar-refractivity contribution is 9.09. The maximum atomic E-state index is 12.7. The quantitative estimate of drug-likeness (QED) is 0.257. The van der Waals surface area contributed by atoms with Gasteiger partial charge in [-0.3, -0.25) is 0 Å². The fourth-order valence-corrected chi connectivity index (χ4v) is 4.70. The van der Waals surface area contributed by atoms with Crippen LogP contribution >= 0.6 is 31.9 Å². The molecule has 2 atom stereocenters. The van der Waals surface area contributed by atoms with Gasteiger partial charge in [-0.2, -0.15) is 0 Å². The van der Waals surface area contributed by atoms with Gasteiger partial charge in [-0.05, 0) is 37.5 Å². The summed E-state index contributed by atoms with van der Waals surface area (Å²) in [6.45, 7) is 0. The van der Waals surface area contributed by atoms with Gasteiger partial charge in [0.2, 0.25) is 0 Å². The number of carbonyl (C=O) groups excluding carboxylic acids is 4. The van der Waals surface area contributed by atoms with E-state index in [4.69, 9.17) is 18.9 Å². The number of hydrogen-bond donors (Lipinski definition) is 0. The predicted octanol–water partition coefficient (Wildman–Crippen LogP) is 2.87. The summed E-state index contributed by atoms with van der Waals surface area (Å²) in [5, 5.41) is 0.971. The van der Waals surface area contributed by atoms with Crippen LogP contribution in [0.1, 0.15) is 25.7 Å². The van der Waals surface area contributed by atoms with Gasteiger partial charge in [0, 0.05) is 21.8 Å². The highest BCUT2D eigenvalue weighted by Crippen LogP contribution is 2.39. The van der Waals surface area contributed by atoms with Gasteiger partial charge in [0.1, 0.15) is 0 Å². The summed E-state index contributed by atoms with van der Waals surface area (Å²) in [5.74, 6) is -3.87. The smallest absolute Gasteiger partial charge is 0.334 e. The lowest BCUT2D eigenvalue weighted by Crippen LogP contribution is -2.30. The molecule has 168 valence electrons. The molecule has 10 heteroatoms. The van der Waals surface area contributed by atoms with Crippen molar-refractivity contribution in [2.45, 2.75) is 25.7 Å². The third-order valence-electron chi connectivity index (χ3n) is 4.96. The number of carbonyl (C=O) groups is 4. The van der Waals surface area contributed by atoms with Crippen LogP contribution in [-0.4, -0.2) is 63.0 Å². The summed E-state index contributed by atoms with van der Waals surface area (Å²) in [5.41, 5.74) is 0.556. The average molecular weight is 554 g/mol. The minimum absolute atomic E-state index is 0.00637. The lowest BCUT2D eigenvalue weighted by molar-refractivity contribution is -0.141. The monoisotopic (exact) mass is 552 g/mol. The molecule has 0 saturated carbocycles. The molecule has 1 rings (SSSR count). The van der Waals surface area contributed by atoms with Crippen LogP contribution in [0.15, 0.2) is 22.3 Å². The Bertz CT molecular complexity index is 679. The first kappa shape index (κ1) is 26.4. The zero-order valence-corrected chi connectivity index (χ0v) is 20.6. The Labute approximate surface area is 192 Å². The zero-order valence-electron chi connectivity index (χ0n) is 17.4. The number of rotatable bonds is 8. The van der Waals surface area contributed by atoms with Crippen LogP contribution in [0.4, 0.5) is 0 Å². The van der Waals surface area contributed by atoms with Crippen molar-refractivity contribution in [3.63, 3.8) is 0 Å². The molecule has 0 saturated heterocycles. The van der Waals surface area contributed by atoms with Crippen LogP contribution in [0.5, 0.6) is 0 Å². The zero-order chi connectivity index (χ0) is 22.8. The van der Waals surface area contributed by atoms with Gasteiger partial charge in [0.05, 0.1) is 39.6 Å². The van der Waals surface area contributed by atoms with E-state index >= 15 is 0 Å². The van der Waals surface area contributed by atoms with Crippen molar-refractivity contribution in [1.29, 1.82) is 0 Å². The summed E-state index contributed by atoms with van der Waals surface area (Å²) in [6.07, 6.45) is 0.824. The van der Waals surface area contributed by atoms with E-state index in [2.05, 4.69) is 31.9 Å². The van der Waals surface area contributed by atoms with Crippen LogP contribution in [0.3, 0.4) is 0 Å². The third kappa shape index (κ3) is 6.16. The summed E-state index contributed by atoms with van der Waals surface area (Å²) < 4.78 is 19.8. The molecule has 0 amide bonds. The minimum atomic E-state index is -0.680. The van der Waals surface area contributed by atoms with Gasteiger partial charge < -0.3 is 18.9 Å². The lowest BCUT2D eigenvalue weighted by atomic mass is 9.76. The van der Waals surface area contributed by atoms with E-state index in [1.807, 2.05) is 0 Å². The van der Waals surface area contributed by atoms with Crippen molar-refractivity contribution >= 4 is 55.7 Å². The van der Waals surface area contributed by atoms with Crippen molar-refractivity contribution in [3.05, 3.63) is 22.3 Å². The van der Waals surface area contributed by atoms with E-state index in [0.29, 0.717) is 23.5 Å². The van der Waals surface area contributed by atoms with Crippen molar-refractivity contribution in [2.24, 2.45) is 11.8 Å². The number of hydrogen-bond acceptors (Lipinski definition) is 8. The molecule has 0 aromatic heterocycles. The Hall–Kier alpha value is -1.68. The standard InChI is InChI=1S/C20H26Br2O8/c1-27-17(23)13-9-11(5-7-21)16(20(26)30-4)14(18(24)28-2)10-12(6-8-22)15(13)19(25)29-3/h11-12H,5-10H2,1-4H3/b15-13-,16-14-/t11-,12-/m0/s1. The van der Waals surface area contributed by atoms with E-state index in [1.54, 1.807) is 0 Å².